The predicted octanol–water partition coefficient (Wildman–Crippen LogP) is 2.47. The number of benzene rings is 1. The van der Waals surface area contributed by atoms with E-state index in [0.717, 1.165) is 50.5 Å². The van der Waals surface area contributed by atoms with Crippen LogP contribution >= 0.6 is 11.6 Å². The third-order valence-corrected chi connectivity index (χ3v) is 5.24. The summed E-state index contributed by atoms with van der Waals surface area (Å²) in [5.74, 6) is 0.769. The minimum atomic E-state index is 0.0332. The van der Waals surface area contributed by atoms with E-state index >= 15 is 0 Å². The number of ether oxygens (including phenoxy) is 2. The summed E-state index contributed by atoms with van der Waals surface area (Å²) in [5.41, 5.74) is 1.16. The van der Waals surface area contributed by atoms with E-state index in [1.54, 1.807) is 13.2 Å². The van der Waals surface area contributed by atoms with Crippen molar-refractivity contribution in [2.75, 3.05) is 40.0 Å². The quantitative estimate of drug-likeness (QED) is 0.884. The van der Waals surface area contributed by atoms with Crippen LogP contribution in [0, 0.1) is 5.41 Å². The molecule has 1 amide bonds. The van der Waals surface area contributed by atoms with Gasteiger partial charge in [0.05, 0.1) is 20.3 Å². The van der Waals surface area contributed by atoms with Crippen LogP contribution in [0.15, 0.2) is 18.2 Å². The average molecular weight is 353 g/mol. The molecule has 1 unspecified atom stereocenters. The Hall–Kier alpha value is -1.30. The van der Waals surface area contributed by atoms with Crippen molar-refractivity contribution in [2.24, 2.45) is 5.41 Å². The van der Waals surface area contributed by atoms with Gasteiger partial charge in [-0.2, -0.15) is 0 Å². The molecule has 24 heavy (non-hydrogen) atoms. The van der Waals surface area contributed by atoms with E-state index in [4.69, 9.17) is 21.1 Å². The van der Waals surface area contributed by atoms with Gasteiger partial charge in [-0.05, 0) is 44.0 Å². The van der Waals surface area contributed by atoms with Gasteiger partial charge >= 0.3 is 0 Å². The summed E-state index contributed by atoms with van der Waals surface area (Å²) in [4.78, 5) is 14.5. The van der Waals surface area contributed by atoms with E-state index < -0.39 is 0 Å². The second-order valence-electron chi connectivity index (χ2n) is 6.85. The van der Waals surface area contributed by atoms with Crippen molar-refractivity contribution < 1.29 is 14.3 Å². The Balaban J connectivity index is 1.49. The Morgan fingerprint density at radius 1 is 1.46 bits per heavy atom. The SMILES string of the molecule is COc1ccc(Cl)cc1CNC(=O)CN1CCC2(CCCOC2)C1. The van der Waals surface area contributed by atoms with Gasteiger partial charge in [-0.15, -0.1) is 0 Å². The number of hydrogen-bond acceptors (Lipinski definition) is 4. The van der Waals surface area contributed by atoms with Crippen LogP contribution in [0.4, 0.5) is 0 Å². The highest BCUT2D eigenvalue weighted by molar-refractivity contribution is 6.30. The Morgan fingerprint density at radius 3 is 3.08 bits per heavy atom. The maximum Gasteiger partial charge on any atom is 0.234 e. The Bertz CT molecular complexity index is 588. The highest BCUT2D eigenvalue weighted by Crippen LogP contribution is 2.37. The number of amides is 1. The van der Waals surface area contributed by atoms with Crippen molar-refractivity contribution >= 4 is 17.5 Å². The summed E-state index contributed by atoms with van der Waals surface area (Å²) in [7, 11) is 1.62. The van der Waals surface area contributed by atoms with Gasteiger partial charge < -0.3 is 14.8 Å². The standard InChI is InChI=1S/C18H25ClN2O3/c1-23-16-4-3-15(19)9-14(16)10-20-17(22)11-21-7-6-18(12-21)5-2-8-24-13-18/h3-4,9H,2,5-8,10-13H2,1H3,(H,20,22). The normalized spacial score (nSPS) is 24.2. The molecule has 0 radical (unpaired) electrons. The molecule has 0 saturated carbocycles. The second kappa shape index (κ2) is 7.72. The van der Waals surface area contributed by atoms with E-state index in [-0.39, 0.29) is 11.3 Å². The van der Waals surface area contributed by atoms with Crippen LogP contribution in [0.5, 0.6) is 5.75 Å². The zero-order chi connectivity index (χ0) is 17.0. The van der Waals surface area contributed by atoms with Crippen LogP contribution in [-0.4, -0.2) is 50.8 Å². The zero-order valence-corrected chi connectivity index (χ0v) is 14.9. The maximum absolute atomic E-state index is 12.3. The van der Waals surface area contributed by atoms with Crippen LogP contribution < -0.4 is 10.1 Å². The summed E-state index contributed by atoms with van der Waals surface area (Å²) in [5, 5.41) is 3.61. The predicted molar refractivity (Wildman–Crippen MR) is 93.4 cm³/mol. The van der Waals surface area contributed by atoms with Crippen LogP contribution in [-0.2, 0) is 16.1 Å². The van der Waals surface area contributed by atoms with Gasteiger partial charge in [0.1, 0.15) is 5.75 Å². The molecule has 132 valence electrons. The minimum Gasteiger partial charge on any atom is -0.496 e. The van der Waals surface area contributed by atoms with Gasteiger partial charge in [-0.3, -0.25) is 9.69 Å². The first-order chi connectivity index (χ1) is 11.6. The Kier molecular flexibility index (Phi) is 5.64. The number of nitrogens with zero attached hydrogens (tertiary/aromatic N) is 1. The molecule has 2 fully saturated rings. The first kappa shape index (κ1) is 17.5. The lowest BCUT2D eigenvalue weighted by Gasteiger charge is -2.33. The Labute approximate surface area is 148 Å². The molecule has 5 nitrogen and oxygen atoms in total. The number of nitrogens with one attached hydrogen (secondary N) is 1. The van der Waals surface area contributed by atoms with E-state index in [1.807, 2.05) is 12.1 Å². The third-order valence-electron chi connectivity index (χ3n) is 5.01. The zero-order valence-electron chi connectivity index (χ0n) is 14.1. The number of carbonyl (C=O) groups excluding carboxylic acids is 1. The summed E-state index contributed by atoms with van der Waals surface area (Å²) in [6.45, 7) is 4.50. The van der Waals surface area contributed by atoms with Gasteiger partial charge in [0.25, 0.3) is 0 Å². The molecule has 1 spiro atoms. The van der Waals surface area contributed by atoms with Crippen molar-refractivity contribution in [1.29, 1.82) is 0 Å². The molecule has 0 bridgehead atoms. The van der Waals surface area contributed by atoms with Gasteiger partial charge in [0.2, 0.25) is 5.91 Å². The molecule has 6 heteroatoms. The van der Waals surface area contributed by atoms with Crippen molar-refractivity contribution in [3.63, 3.8) is 0 Å². The highest BCUT2D eigenvalue weighted by Gasteiger charge is 2.39. The molecule has 0 aromatic heterocycles. The number of carbonyl (C=O) groups is 1. The van der Waals surface area contributed by atoms with Crippen molar-refractivity contribution in [2.45, 2.75) is 25.8 Å². The van der Waals surface area contributed by atoms with E-state index in [2.05, 4.69) is 10.2 Å². The van der Waals surface area contributed by atoms with Gasteiger partial charge in [-0.1, -0.05) is 11.6 Å². The molecule has 3 rings (SSSR count). The monoisotopic (exact) mass is 352 g/mol. The fourth-order valence-electron chi connectivity index (χ4n) is 3.73. The average Bonchev–Trinajstić information content (AvgIpc) is 2.95. The first-order valence-electron chi connectivity index (χ1n) is 8.49. The van der Waals surface area contributed by atoms with E-state index in [9.17, 15) is 4.79 Å². The summed E-state index contributed by atoms with van der Waals surface area (Å²) >= 11 is 6.02. The number of halogens is 1. The molecule has 1 atom stereocenters. The first-order valence-corrected chi connectivity index (χ1v) is 8.87. The van der Waals surface area contributed by atoms with Gasteiger partial charge in [0, 0.05) is 35.7 Å². The molecular formula is C18H25ClN2O3. The lowest BCUT2D eigenvalue weighted by atomic mass is 9.82. The lowest BCUT2D eigenvalue weighted by Crippen LogP contribution is -2.39. The van der Waals surface area contributed by atoms with E-state index in [0.29, 0.717) is 18.1 Å². The van der Waals surface area contributed by atoms with Crippen LogP contribution in [0.3, 0.4) is 0 Å². The molecule has 1 aromatic carbocycles. The maximum atomic E-state index is 12.3. The van der Waals surface area contributed by atoms with Crippen molar-refractivity contribution in [1.82, 2.24) is 10.2 Å². The fraction of sp³-hybridized carbons (Fsp3) is 0.611. The fourth-order valence-corrected chi connectivity index (χ4v) is 3.93. The van der Waals surface area contributed by atoms with Gasteiger partial charge in [-0.25, -0.2) is 0 Å². The number of rotatable bonds is 5. The molecule has 2 aliphatic heterocycles. The molecule has 2 heterocycles. The summed E-state index contributed by atoms with van der Waals surface area (Å²) in [6.07, 6.45) is 3.47. The number of methoxy groups -OCH3 is 1. The lowest BCUT2D eigenvalue weighted by molar-refractivity contribution is -0.122. The van der Waals surface area contributed by atoms with Crippen molar-refractivity contribution in [3.8, 4) is 5.75 Å². The summed E-state index contributed by atoms with van der Waals surface area (Å²) < 4.78 is 11.0. The molecule has 1 N–H and O–H groups in total. The number of hydrogen-bond donors (Lipinski definition) is 1. The van der Waals surface area contributed by atoms with E-state index in [1.165, 1.54) is 6.42 Å². The topological polar surface area (TPSA) is 50.8 Å². The van der Waals surface area contributed by atoms with Crippen LogP contribution in [0.2, 0.25) is 5.02 Å². The molecule has 0 aliphatic carbocycles. The minimum absolute atomic E-state index is 0.0332. The highest BCUT2D eigenvalue weighted by atomic mass is 35.5. The third kappa shape index (κ3) is 4.21. The largest absolute Gasteiger partial charge is 0.496 e. The van der Waals surface area contributed by atoms with Crippen molar-refractivity contribution in [3.05, 3.63) is 28.8 Å². The van der Waals surface area contributed by atoms with Gasteiger partial charge in [0.15, 0.2) is 0 Å². The number of likely N-dealkylation sites (tertiary alicyclic amines) is 1. The van der Waals surface area contributed by atoms with Crippen LogP contribution in [0.25, 0.3) is 0 Å². The molecule has 2 aliphatic rings. The Morgan fingerprint density at radius 2 is 2.33 bits per heavy atom. The molecular weight excluding hydrogens is 328 g/mol. The van der Waals surface area contributed by atoms with Crippen LogP contribution in [0.1, 0.15) is 24.8 Å². The smallest absolute Gasteiger partial charge is 0.234 e. The molecule has 2 saturated heterocycles. The molecule has 1 aromatic rings. The summed E-state index contributed by atoms with van der Waals surface area (Å²) in [6, 6.07) is 5.42. The second-order valence-corrected chi connectivity index (χ2v) is 7.29.